The molecule has 0 unspecified atom stereocenters. The lowest BCUT2D eigenvalue weighted by molar-refractivity contribution is 0.103. The molecule has 2 aromatic rings. The number of ketones is 1. The first-order chi connectivity index (χ1) is 8.74. The number of rotatable bonds is 4. The Kier molecular flexibility index (Phi) is 3.76. The van der Waals surface area contributed by atoms with Crippen LogP contribution in [0.25, 0.3) is 0 Å². The van der Waals surface area contributed by atoms with E-state index in [9.17, 15) is 4.79 Å². The summed E-state index contributed by atoms with van der Waals surface area (Å²) in [5.41, 5.74) is 13.5. The van der Waals surface area contributed by atoms with E-state index < -0.39 is 0 Å². The van der Waals surface area contributed by atoms with Crippen LogP contribution in [0.3, 0.4) is 0 Å². The molecule has 0 saturated heterocycles. The SMILES string of the molecule is NCc1ccc(C(=O)c2ccc(CN)nc2)cn1. The van der Waals surface area contributed by atoms with Crippen LogP contribution in [0, 0.1) is 0 Å². The lowest BCUT2D eigenvalue weighted by Gasteiger charge is -2.02. The van der Waals surface area contributed by atoms with E-state index in [-0.39, 0.29) is 5.78 Å². The predicted molar refractivity (Wildman–Crippen MR) is 67.7 cm³/mol. The van der Waals surface area contributed by atoms with Gasteiger partial charge in [-0.15, -0.1) is 0 Å². The Morgan fingerprint density at radius 3 is 1.61 bits per heavy atom. The van der Waals surface area contributed by atoms with Crippen molar-refractivity contribution in [2.24, 2.45) is 11.5 Å². The number of carbonyl (C=O) groups excluding carboxylic acids is 1. The molecular formula is C13H14N4O. The highest BCUT2D eigenvalue weighted by molar-refractivity contribution is 6.08. The van der Waals surface area contributed by atoms with Gasteiger partial charge in [-0.2, -0.15) is 0 Å². The van der Waals surface area contributed by atoms with E-state index in [0.29, 0.717) is 24.2 Å². The molecule has 0 aliphatic heterocycles. The summed E-state index contributed by atoms with van der Waals surface area (Å²) >= 11 is 0. The fraction of sp³-hybridized carbons (Fsp3) is 0.154. The van der Waals surface area contributed by atoms with Crippen molar-refractivity contribution >= 4 is 5.78 Å². The van der Waals surface area contributed by atoms with Crippen LogP contribution in [0.15, 0.2) is 36.7 Å². The van der Waals surface area contributed by atoms with Crippen molar-refractivity contribution in [2.75, 3.05) is 0 Å². The quantitative estimate of drug-likeness (QED) is 0.766. The number of carbonyl (C=O) groups is 1. The Hall–Kier alpha value is -2.11. The number of nitrogens with zero attached hydrogens (tertiary/aromatic N) is 2. The molecule has 0 radical (unpaired) electrons. The molecule has 5 nitrogen and oxygen atoms in total. The van der Waals surface area contributed by atoms with Crippen molar-refractivity contribution in [3.8, 4) is 0 Å². The van der Waals surface area contributed by atoms with Gasteiger partial charge >= 0.3 is 0 Å². The number of hydrogen-bond donors (Lipinski definition) is 2. The third-order valence-corrected chi connectivity index (χ3v) is 2.59. The molecule has 4 N–H and O–H groups in total. The minimum absolute atomic E-state index is 0.109. The van der Waals surface area contributed by atoms with Gasteiger partial charge in [0.25, 0.3) is 0 Å². The minimum atomic E-state index is -0.109. The second-order valence-electron chi connectivity index (χ2n) is 3.81. The van der Waals surface area contributed by atoms with Gasteiger partial charge in [-0.1, -0.05) is 0 Å². The minimum Gasteiger partial charge on any atom is -0.325 e. The second kappa shape index (κ2) is 5.48. The van der Waals surface area contributed by atoms with Crippen molar-refractivity contribution in [2.45, 2.75) is 13.1 Å². The Balaban J connectivity index is 2.23. The van der Waals surface area contributed by atoms with Crippen LogP contribution in [0.2, 0.25) is 0 Å². The maximum Gasteiger partial charge on any atom is 0.196 e. The van der Waals surface area contributed by atoms with Crippen LogP contribution in [-0.2, 0) is 13.1 Å². The second-order valence-corrected chi connectivity index (χ2v) is 3.81. The third-order valence-electron chi connectivity index (χ3n) is 2.59. The fourth-order valence-corrected chi connectivity index (χ4v) is 1.53. The van der Waals surface area contributed by atoms with E-state index in [1.165, 1.54) is 12.4 Å². The van der Waals surface area contributed by atoms with Gasteiger partial charge in [0.2, 0.25) is 0 Å². The van der Waals surface area contributed by atoms with Crippen molar-refractivity contribution in [1.29, 1.82) is 0 Å². The van der Waals surface area contributed by atoms with E-state index in [1.807, 2.05) is 0 Å². The number of pyridine rings is 2. The summed E-state index contributed by atoms with van der Waals surface area (Å²) < 4.78 is 0. The van der Waals surface area contributed by atoms with Crippen molar-refractivity contribution < 1.29 is 4.79 Å². The average Bonchev–Trinajstić information content (AvgIpc) is 2.47. The molecule has 0 spiro atoms. The topological polar surface area (TPSA) is 94.9 Å². The summed E-state index contributed by atoms with van der Waals surface area (Å²) in [6, 6.07) is 6.92. The van der Waals surface area contributed by atoms with Crippen molar-refractivity contribution in [1.82, 2.24) is 9.97 Å². The zero-order valence-corrected chi connectivity index (χ0v) is 9.84. The van der Waals surface area contributed by atoms with Gasteiger partial charge in [0.1, 0.15) is 0 Å². The summed E-state index contributed by atoms with van der Waals surface area (Å²) in [7, 11) is 0. The maximum absolute atomic E-state index is 12.1. The van der Waals surface area contributed by atoms with E-state index >= 15 is 0 Å². The molecule has 0 aromatic carbocycles. The summed E-state index contributed by atoms with van der Waals surface area (Å²) in [4.78, 5) is 20.3. The van der Waals surface area contributed by atoms with Gasteiger partial charge in [-0.25, -0.2) is 0 Å². The first-order valence-corrected chi connectivity index (χ1v) is 5.59. The van der Waals surface area contributed by atoms with Crippen LogP contribution < -0.4 is 11.5 Å². The maximum atomic E-state index is 12.1. The van der Waals surface area contributed by atoms with Crippen LogP contribution in [0.1, 0.15) is 27.3 Å². The average molecular weight is 242 g/mol. The van der Waals surface area contributed by atoms with Gasteiger partial charge in [0, 0.05) is 36.6 Å². The molecular weight excluding hydrogens is 228 g/mol. The first-order valence-electron chi connectivity index (χ1n) is 5.59. The standard InChI is InChI=1S/C13H14N4O/c14-5-11-3-1-9(7-16-11)13(18)10-2-4-12(6-15)17-8-10/h1-4,7-8H,5-6,14-15H2. The summed E-state index contributed by atoms with van der Waals surface area (Å²) in [5, 5.41) is 0. The molecule has 2 aromatic heterocycles. The molecule has 0 atom stereocenters. The summed E-state index contributed by atoms with van der Waals surface area (Å²) in [6.45, 7) is 0.725. The third kappa shape index (κ3) is 2.58. The highest BCUT2D eigenvalue weighted by atomic mass is 16.1. The van der Waals surface area contributed by atoms with E-state index in [1.54, 1.807) is 24.3 Å². The number of hydrogen-bond acceptors (Lipinski definition) is 5. The lowest BCUT2D eigenvalue weighted by atomic mass is 10.1. The van der Waals surface area contributed by atoms with E-state index in [4.69, 9.17) is 11.5 Å². The summed E-state index contributed by atoms with van der Waals surface area (Å²) in [5.74, 6) is -0.109. The molecule has 0 aliphatic carbocycles. The first kappa shape index (κ1) is 12.3. The fourth-order valence-electron chi connectivity index (χ4n) is 1.53. The van der Waals surface area contributed by atoms with Crippen LogP contribution in [0.5, 0.6) is 0 Å². The zero-order chi connectivity index (χ0) is 13.0. The molecule has 18 heavy (non-hydrogen) atoms. The lowest BCUT2D eigenvalue weighted by Crippen LogP contribution is -2.06. The van der Waals surface area contributed by atoms with Gasteiger partial charge in [-0.3, -0.25) is 14.8 Å². The van der Waals surface area contributed by atoms with Crippen molar-refractivity contribution in [3.05, 3.63) is 59.2 Å². The van der Waals surface area contributed by atoms with E-state index in [0.717, 1.165) is 11.4 Å². The van der Waals surface area contributed by atoms with Crippen LogP contribution in [0.4, 0.5) is 0 Å². The normalized spacial score (nSPS) is 10.3. The van der Waals surface area contributed by atoms with Gasteiger partial charge < -0.3 is 11.5 Å². The Labute approximate surface area is 105 Å². The van der Waals surface area contributed by atoms with Crippen molar-refractivity contribution in [3.63, 3.8) is 0 Å². The molecule has 92 valence electrons. The highest BCUT2D eigenvalue weighted by Crippen LogP contribution is 2.09. The van der Waals surface area contributed by atoms with E-state index in [2.05, 4.69) is 9.97 Å². The van der Waals surface area contributed by atoms with Crippen LogP contribution in [-0.4, -0.2) is 15.8 Å². The molecule has 0 bridgehead atoms. The molecule has 5 heteroatoms. The number of nitrogens with two attached hydrogens (primary N) is 2. The smallest absolute Gasteiger partial charge is 0.196 e. The Bertz CT molecular complexity index is 484. The molecule has 0 saturated carbocycles. The molecule has 2 heterocycles. The van der Waals surface area contributed by atoms with Gasteiger partial charge in [0.15, 0.2) is 5.78 Å². The van der Waals surface area contributed by atoms with Gasteiger partial charge in [0.05, 0.1) is 11.4 Å². The largest absolute Gasteiger partial charge is 0.325 e. The molecule has 0 fully saturated rings. The monoisotopic (exact) mass is 242 g/mol. The predicted octanol–water partition coefficient (Wildman–Crippen LogP) is 0.625. The summed E-state index contributed by atoms with van der Waals surface area (Å²) in [6.07, 6.45) is 3.06. The van der Waals surface area contributed by atoms with Gasteiger partial charge in [-0.05, 0) is 24.3 Å². The van der Waals surface area contributed by atoms with Crippen LogP contribution >= 0.6 is 0 Å². The Morgan fingerprint density at radius 2 is 1.33 bits per heavy atom. The zero-order valence-electron chi connectivity index (χ0n) is 9.84. The molecule has 0 amide bonds. The number of aromatic nitrogens is 2. The highest BCUT2D eigenvalue weighted by Gasteiger charge is 2.09. The Morgan fingerprint density at radius 1 is 0.889 bits per heavy atom. The molecule has 2 rings (SSSR count). The molecule has 0 aliphatic rings.